The van der Waals surface area contributed by atoms with Gasteiger partial charge in [-0.05, 0) is 11.6 Å². The molecule has 2 unspecified atom stereocenters. The first-order valence-corrected chi connectivity index (χ1v) is 6.63. The third kappa shape index (κ3) is 1.86. The van der Waals surface area contributed by atoms with Crippen LogP contribution in [0.1, 0.15) is 11.1 Å². The molecule has 0 aromatic heterocycles. The molecule has 0 aliphatic heterocycles. The molecule has 2 heteroatoms. The van der Waals surface area contributed by atoms with Crippen molar-refractivity contribution >= 4 is 0 Å². The van der Waals surface area contributed by atoms with Crippen LogP contribution in [0.4, 0.5) is 0 Å². The zero-order valence-electron chi connectivity index (χ0n) is 11.0. The zero-order chi connectivity index (χ0) is 14.0. The fraction of sp³-hybridized carbons (Fsp3) is 0.111. The van der Waals surface area contributed by atoms with Gasteiger partial charge in [-0.25, -0.2) is 0 Å². The lowest BCUT2D eigenvalue weighted by atomic mass is 9.68. The van der Waals surface area contributed by atoms with Crippen molar-refractivity contribution in [2.75, 3.05) is 0 Å². The molecular weight excluding hydrogens is 248 g/mol. The van der Waals surface area contributed by atoms with Gasteiger partial charge in [-0.1, -0.05) is 72.8 Å². The van der Waals surface area contributed by atoms with E-state index >= 15 is 0 Å². The standard InChI is InChI=1S/C18H16O2/c19-16-11-5-4-10-15(16)18(13-7-6-12-17(18)20)14-8-2-1-3-9-14/h1-13,17,19-20H. The van der Waals surface area contributed by atoms with Crippen molar-refractivity contribution in [2.45, 2.75) is 11.5 Å². The minimum Gasteiger partial charge on any atom is -0.508 e. The van der Waals surface area contributed by atoms with E-state index in [0.717, 1.165) is 5.56 Å². The maximum atomic E-state index is 10.6. The molecule has 1 aliphatic carbocycles. The van der Waals surface area contributed by atoms with Gasteiger partial charge in [-0.2, -0.15) is 0 Å². The summed E-state index contributed by atoms with van der Waals surface area (Å²) in [5, 5.41) is 20.8. The fourth-order valence-corrected chi connectivity index (χ4v) is 2.84. The highest BCUT2D eigenvalue weighted by Crippen LogP contribution is 2.43. The van der Waals surface area contributed by atoms with E-state index in [0.29, 0.717) is 5.56 Å². The van der Waals surface area contributed by atoms with Crippen LogP contribution >= 0.6 is 0 Å². The molecule has 20 heavy (non-hydrogen) atoms. The largest absolute Gasteiger partial charge is 0.508 e. The van der Waals surface area contributed by atoms with Crippen LogP contribution in [0.15, 0.2) is 78.9 Å². The molecule has 2 N–H and O–H groups in total. The van der Waals surface area contributed by atoms with Gasteiger partial charge < -0.3 is 10.2 Å². The molecule has 2 aromatic rings. The highest BCUT2D eigenvalue weighted by Gasteiger charge is 2.40. The van der Waals surface area contributed by atoms with E-state index in [1.54, 1.807) is 18.2 Å². The van der Waals surface area contributed by atoms with E-state index in [-0.39, 0.29) is 5.75 Å². The summed E-state index contributed by atoms with van der Waals surface area (Å²) < 4.78 is 0. The SMILES string of the molecule is Oc1ccccc1C1(c2ccccc2)C=CC=CC1O. The van der Waals surface area contributed by atoms with Gasteiger partial charge in [0.15, 0.2) is 0 Å². The number of rotatable bonds is 2. The molecule has 0 spiro atoms. The molecule has 3 rings (SSSR count). The Morgan fingerprint density at radius 1 is 0.850 bits per heavy atom. The number of phenols is 1. The van der Waals surface area contributed by atoms with E-state index < -0.39 is 11.5 Å². The monoisotopic (exact) mass is 264 g/mol. The predicted octanol–water partition coefficient (Wildman–Crippen LogP) is 3.17. The molecule has 0 radical (unpaired) electrons. The van der Waals surface area contributed by atoms with Crippen LogP contribution in [-0.2, 0) is 5.41 Å². The third-order valence-corrected chi connectivity index (χ3v) is 3.83. The van der Waals surface area contributed by atoms with E-state index in [9.17, 15) is 10.2 Å². The number of hydrogen-bond donors (Lipinski definition) is 2. The van der Waals surface area contributed by atoms with Gasteiger partial charge >= 0.3 is 0 Å². The molecule has 0 amide bonds. The number of allylic oxidation sites excluding steroid dienone is 2. The molecule has 0 saturated heterocycles. The summed E-state index contributed by atoms with van der Waals surface area (Å²) in [6, 6.07) is 16.9. The molecule has 1 aliphatic rings. The second-order valence-electron chi connectivity index (χ2n) is 4.94. The van der Waals surface area contributed by atoms with Crippen LogP contribution < -0.4 is 0 Å². The first-order chi connectivity index (χ1) is 9.75. The Morgan fingerprint density at radius 2 is 1.55 bits per heavy atom. The summed E-state index contributed by atoms with van der Waals surface area (Å²) in [7, 11) is 0. The van der Waals surface area contributed by atoms with Gasteiger partial charge in [0.05, 0.1) is 11.5 Å². The summed E-state index contributed by atoms with van der Waals surface area (Å²) in [6.07, 6.45) is 6.71. The Bertz CT molecular complexity index is 658. The first kappa shape index (κ1) is 12.7. The van der Waals surface area contributed by atoms with Gasteiger partial charge in [-0.15, -0.1) is 0 Å². The molecule has 0 saturated carbocycles. The topological polar surface area (TPSA) is 40.5 Å². The van der Waals surface area contributed by atoms with Gasteiger partial charge in [0.2, 0.25) is 0 Å². The summed E-state index contributed by atoms with van der Waals surface area (Å²) in [6.45, 7) is 0. The van der Waals surface area contributed by atoms with Crippen molar-refractivity contribution < 1.29 is 10.2 Å². The predicted molar refractivity (Wildman–Crippen MR) is 79.6 cm³/mol. The number of aliphatic hydroxyl groups excluding tert-OH is 1. The molecule has 0 heterocycles. The average Bonchev–Trinajstić information content (AvgIpc) is 2.50. The highest BCUT2D eigenvalue weighted by atomic mass is 16.3. The lowest BCUT2D eigenvalue weighted by Gasteiger charge is -2.37. The van der Waals surface area contributed by atoms with Crippen molar-refractivity contribution in [1.29, 1.82) is 0 Å². The Hall–Kier alpha value is -2.32. The van der Waals surface area contributed by atoms with Gasteiger partial charge in [0, 0.05) is 5.56 Å². The maximum absolute atomic E-state index is 10.6. The van der Waals surface area contributed by atoms with Crippen LogP contribution in [0, 0.1) is 0 Å². The lowest BCUT2D eigenvalue weighted by Crippen LogP contribution is -2.39. The van der Waals surface area contributed by atoms with Crippen LogP contribution in [0.2, 0.25) is 0 Å². The van der Waals surface area contributed by atoms with Crippen molar-refractivity contribution in [3.8, 4) is 5.75 Å². The lowest BCUT2D eigenvalue weighted by molar-refractivity contribution is 0.168. The second-order valence-corrected chi connectivity index (χ2v) is 4.94. The first-order valence-electron chi connectivity index (χ1n) is 6.63. The Balaban J connectivity index is 2.28. The van der Waals surface area contributed by atoms with Crippen molar-refractivity contribution in [3.05, 3.63) is 90.0 Å². The molecule has 0 bridgehead atoms. The molecule has 2 atom stereocenters. The number of aromatic hydroxyl groups is 1. The Morgan fingerprint density at radius 3 is 2.25 bits per heavy atom. The second kappa shape index (κ2) is 4.99. The molecule has 2 aromatic carbocycles. The van der Waals surface area contributed by atoms with E-state index in [1.165, 1.54) is 0 Å². The smallest absolute Gasteiger partial charge is 0.120 e. The number of aliphatic hydroxyl groups is 1. The summed E-state index contributed by atoms with van der Waals surface area (Å²) >= 11 is 0. The molecular formula is C18H16O2. The number of phenolic OH excluding ortho intramolecular Hbond substituents is 1. The van der Waals surface area contributed by atoms with Crippen LogP contribution in [0.5, 0.6) is 5.75 Å². The van der Waals surface area contributed by atoms with E-state index in [2.05, 4.69) is 0 Å². The molecule has 0 fully saturated rings. The third-order valence-electron chi connectivity index (χ3n) is 3.83. The number of para-hydroxylation sites is 1. The van der Waals surface area contributed by atoms with E-state index in [4.69, 9.17) is 0 Å². The van der Waals surface area contributed by atoms with Crippen LogP contribution in [0.25, 0.3) is 0 Å². The van der Waals surface area contributed by atoms with Crippen LogP contribution in [0.3, 0.4) is 0 Å². The van der Waals surface area contributed by atoms with Gasteiger partial charge in [-0.3, -0.25) is 0 Å². The van der Waals surface area contributed by atoms with Crippen molar-refractivity contribution in [1.82, 2.24) is 0 Å². The quantitative estimate of drug-likeness (QED) is 0.874. The normalized spacial score (nSPS) is 24.8. The number of benzene rings is 2. The fourth-order valence-electron chi connectivity index (χ4n) is 2.84. The van der Waals surface area contributed by atoms with E-state index in [1.807, 2.05) is 60.7 Å². The molecule has 100 valence electrons. The minimum absolute atomic E-state index is 0.190. The number of hydrogen-bond acceptors (Lipinski definition) is 2. The van der Waals surface area contributed by atoms with Gasteiger partial charge in [0.25, 0.3) is 0 Å². The Kier molecular flexibility index (Phi) is 3.17. The Labute approximate surface area is 118 Å². The minimum atomic E-state index is -0.749. The summed E-state index contributed by atoms with van der Waals surface area (Å²) in [4.78, 5) is 0. The maximum Gasteiger partial charge on any atom is 0.120 e. The van der Waals surface area contributed by atoms with Crippen molar-refractivity contribution in [2.24, 2.45) is 0 Å². The highest BCUT2D eigenvalue weighted by molar-refractivity contribution is 5.54. The van der Waals surface area contributed by atoms with Gasteiger partial charge in [0.1, 0.15) is 5.75 Å². The zero-order valence-corrected chi connectivity index (χ0v) is 11.0. The summed E-state index contributed by atoms with van der Waals surface area (Å²) in [5.41, 5.74) is 0.912. The van der Waals surface area contributed by atoms with Crippen LogP contribution in [-0.4, -0.2) is 16.3 Å². The summed E-state index contributed by atoms with van der Waals surface area (Å²) in [5.74, 6) is 0.190. The van der Waals surface area contributed by atoms with Crippen molar-refractivity contribution in [3.63, 3.8) is 0 Å². The average molecular weight is 264 g/mol. The molecule has 2 nitrogen and oxygen atoms in total.